The van der Waals surface area contributed by atoms with Gasteiger partial charge in [-0.3, -0.25) is 4.79 Å². The molecule has 1 heterocycles. The number of nitrogens with zero attached hydrogens (tertiary/aromatic N) is 1. The maximum atomic E-state index is 12.5. The van der Waals surface area contributed by atoms with E-state index in [0.717, 1.165) is 44.0 Å². The van der Waals surface area contributed by atoms with E-state index >= 15 is 0 Å². The Balaban J connectivity index is 1.65. The van der Waals surface area contributed by atoms with Crippen molar-refractivity contribution in [2.24, 2.45) is 0 Å². The van der Waals surface area contributed by atoms with Gasteiger partial charge in [0.2, 0.25) is 0 Å². The highest BCUT2D eigenvalue weighted by molar-refractivity contribution is 6.07. The van der Waals surface area contributed by atoms with Crippen LogP contribution in [0.5, 0.6) is 11.5 Å². The first kappa shape index (κ1) is 20.0. The third-order valence-electron chi connectivity index (χ3n) is 4.60. The zero-order chi connectivity index (χ0) is 19.8. The molecule has 0 N–H and O–H groups in total. The van der Waals surface area contributed by atoms with Crippen molar-refractivity contribution in [3.63, 3.8) is 0 Å². The van der Waals surface area contributed by atoms with Gasteiger partial charge in [0.25, 0.3) is 0 Å². The number of carbonyl (C=O) groups is 1. The first-order valence-electron chi connectivity index (χ1n) is 9.67. The van der Waals surface area contributed by atoms with Gasteiger partial charge in [0, 0.05) is 24.3 Å². The first-order valence-corrected chi connectivity index (χ1v) is 9.67. The summed E-state index contributed by atoms with van der Waals surface area (Å²) >= 11 is 0. The molecule has 0 atom stereocenters. The molecule has 1 aliphatic heterocycles. The first-order chi connectivity index (χ1) is 13.7. The molecule has 5 nitrogen and oxygen atoms in total. The number of hydrogen-bond acceptors (Lipinski definition) is 5. The van der Waals surface area contributed by atoms with Crippen LogP contribution in [0.25, 0.3) is 6.08 Å². The topological polar surface area (TPSA) is 48.0 Å². The second-order valence-electron chi connectivity index (χ2n) is 6.60. The van der Waals surface area contributed by atoms with Gasteiger partial charge in [-0.2, -0.15) is 0 Å². The Kier molecular flexibility index (Phi) is 7.09. The zero-order valence-electron chi connectivity index (χ0n) is 16.5. The molecule has 1 aliphatic rings. The van der Waals surface area contributed by atoms with Crippen LogP contribution in [0.4, 0.5) is 5.69 Å². The van der Waals surface area contributed by atoms with Crippen LogP contribution in [0.15, 0.2) is 48.5 Å². The minimum absolute atomic E-state index is 0.0289. The number of allylic oxidation sites excluding steroid dienone is 1. The summed E-state index contributed by atoms with van der Waals surface area (Å²) in [6.45, 7) is 5.96. The second-order valence-corrected chi connectivity index (χ2v) is 6.60. The van der Waals surface area contributed by atoms with Crippen LogP contribution in [0, 0.1) is 0 Å². The monoisotopic (exact) mass is 381 g/mol. The molecule has 2 aromatic rings. The van der Waals surface area contributed by atoms with Crippen LogP contribution in [-0.4, -0.2) is 45.8 Å². The molecule has 5 heteroatoms. The van der Waals surface area contributed by atoms with Gasteiger partial charge in [-0.05, 0) is 54.5 Å². The average Bonchev–Trinajstić information content (AvgIpc) is 2.77. The lowest BCUT2D eigenvalue weighted by molar-refractivity contribution is 0.104. The van der Waals surface area contributed by atoms with Crippen molar-refractivity contribution < 1.29 is 19.0 Å². The van der Waals surface area contributed by atoms with Crippen molar-refractivity contribution in [2.45, 2.75) is 13.3 Å². The highest BCUT2D eigenvalue weighted by atomic mass is 16.5. The number of morpholine rings is 1. The highest BCUT2D eigenvalue weighted by Crippen LogP contribution is 2.28. The van der Waals surface area contributed by atoms with Crippen molar-refractivity contribution in [3.8, 4) is 11.5 Å². The summed E-state index contributed by atoms with van der Waals surface area (Å²) in [4.78, 5) is 14.8. The molecule has 148 valence electrons. The summed E-state index contributed by atoms with van der Waals surface area (Å²) in [5.41, 5.74) is 2.68. The Morgan fingerprint density at radius 1 is 1.11 bits per heavy atom. The fraction of sp³-hybridized carbons (Fsp3) is 0.348. The minimum atomic E-state index is -0.0289. The predicted molar refractivity (Wildman–Crippen MR) is 112 cm³/mol. The fourth-order valence-electron chi connectivity index (χ4n) is 3.05. The molecule has 28 heavy (non-hydrogen) atoms. The number of carbonyl (C=O) groups excluding carboxylic acids is 1. The number of methoxy groups -OCH3 is 1. The Bertz CT molecular complexity index is 808. The van der Waals surface area contributed by atoms with E-state index in [2.05, 4.69) is 11.8 Å². The molecular weight excluding hydrogens is 354 g/mol. The van der Waals surface area contributed by atoms with Gasteiger partial charge in [-0.25, -0.2) is 0 Å². The number of hydrogen-bond donors (Lipinski definition) is 0. The molecule has 0 unspecified atom stereocenters. The van der Waals surface area contributed by atoms with E-state index in [1.165, 1.54) is 0 Å². The predicted octanol–water partition coefficient (Wildman–Crippen LogP) is 4.22. The van der Waals surface area contributed by atoms with Gasteiger partial charge >= 0.3 is 0 Å². The summed E-state index contributed by atoms with van der Waals surface area (Å²) in [6, 6.07) is 13.4. The summed E-state index contributed by atoms with van der Waals surface area (Å²) in [5.74, 6) is 1.35. The van der Waals surface area contributed by atoms with Crippen molar-refractivity contribution >= 4 is 17.5 Å². The smallest absolute Gasteiger partial charge is 0.185 e. The van der Waals surface area contributed by atoms with Crippen LogP contribution >= 0.6 is 0 Å². The SMILES string of the molecule is CCCOc1ccc(/C=C/C(=O)c2ccc(N3CCOCC3)cc2)cc1OC. The molecule has 3 rings (SSSR count). The van der Waals surface area contributed by atoms with Crippen LogP contribution in [0.3, 0.4) is 0 Å². The summed E-state index contributed by atoms with van der Waals surface area (Å²) in [7, 11) is 1.61. The number of anilines is 1. The Hall–Kier alpha value is -2.79. The maximum absolute atomic E-state index is 12.5. The highest BCUT2D eigenvalue weighted by Gasteiger charge is 2.11. The van der Waals surface area contributed by atoms with E-state index in [9.17, 15) is 4.79 Å². The van der Waals surface area contributed by atoms with Gasteiger partial charge in [0.15, 0.2) is 17.3 Å². The van der Waals surface area contributed by atoms with Crippen molar-refractivity contribution in [1.29, 1.82) is 0 Å². The van der Waals surface area contributed by atoms with Gasteiger partial charge in [0.05, 0.1) is 26.9 Å². The van der Waals surface area contributed by atoms with E-state index in [1.807, 2.05) is 42.5 Å². The van der Waals surface area contributed by atoms with E-state index in [0.29, 0.717) is 23.7 Å². The normalized spacial score (nSPS) is 14.3. The molecule has 1 saturated heterocycles. The zero-order valence-corrected chi connectivity index (χ0v) is 16.5. The molecule has 0 aliphatic carbocycles. The number of rotatable bonds is 8. The number of ether oxygens (including phenoxy) is 3. The van der Waals surface area contributed by atoms with Crippen molar-refractivity contribution in [2.75, 3.05) is 44.9 Å². The van der Waals surface area contributed by atoms with E-state index in [1.54, 1.807) is 19.3 Å². The van der Waals surface area contributed by atoms with Gasteiger partial charge in [0.1, 0.15) is 0 Å². The molecule has 0 saturated carbocycles. The third kappa shape index (κ3) is 5.14. The standard InChI is InChI=1S/C23H27NO4/c1-3-14-28-22-11-5-18(17-23(22)26-2)4-10-21(25)19-6-8-20(9-7-19)24-12-15-27-16-13-24/h4-11,17H,3,12-16H2,1-2H3/b10-4+. The summed E-state index contributed by atoms with van der Waals surface area (Å²) in [6.07, 6.45) is 4.32. The average molecular weight is 381 g/mol. The number of ketones is 1. The summed E-state index contributed by atoms with van der Waals surface area (Å²) < 4.78 is 16.4. The van der Waals surface area contributed by atoms with Gasteiger partial charge < -0.3 is 19.1 Å². The second kappa shape index (κ2) is 9.95. The van der Waals surface area contributed by atoms with E-state index in [4.69, 9.17) is 14.2 Å². The largest absolute Gasteiger partial charge is 0.493 e. The van der Waals surface area contributed by atoms with E-state index in [-0.39, 0.29) is 5.78 Å². The Morgan fingerprint density at radius 2 is 1.86 bits per heavy atom. The molecular formula is C23H27NO4. The van der Waals surface area contributed by atoms with Gasteiger partial charge in [-0.15, -0.1) is 0 Å². The lowest BCUT2D eigenvalue weighted by Gasteiger charge is -2.28. The minimum Gasteiger partial charge on any atom is -0.493 e. The quantitative estimate of drug-likeness (QED) is 0.506. The van der Waals surface area contributed by atoms with E-state index < -0.39 is 0 Å². The maximum Gasteiger partial charge on any atom is 0.185 e. The number of benzene rings is 2. The van der Waals surface area contributed by atoms with Crippen molar-refractivity contribution in [1.82, 2.24) is 0 Å². The lowest BCUT2D eigenvalue weighted by Crippen LogP contribution is -2.36. The summed E-state index contributed by atoms with van der Waals surface area (Å²) in [5, 5.41) is 0. The third-order valence-corrected chi connectivity index (χ3v) is 4.60. The van der Waals surface area contributed by atoms with Crippen LogP contribution in [-0.2, 0) is 4.74 Å². The van der Waals surface area contributed by atoms with Crippen molar-refractivity contribution in [3.05, 3.63) is 59.7 Å². The molecule has 1 fully saturated rings. The molecule has 0 radical (unpaired) electrons. The van der Waals surface area contributed by atoms with Crippen LogP contribution in [0.1, 0.15) is 29.3 Å². The Morgan fingerprint density at radius 3 is 2.54 bits per heavy atom. The molecule has 0 bridgehead atoms. The van der Waals surface area contributed by atoms with Gasteiger partial charge in [-0.1, -0.05) is 19.1 Å². The molecule has 2 aromatic carbocycles. The molecule has 0 amide bonds. The molecule has 0 aromatic heterocycles. The fourth-order valence-corrected chi connectivity index (χ4v) is 3.05. The van der Waals surface area contributed by atoms with Crippen LogP contribution in [0.2, 0.25) is 0 Å². The van der Waals surface area contributed by atoms with Crippen LogP contribution < -0.4 is 14.4 Å². The Labute approximate surface area is 166 Å². The molecule has 0 spiro atoms. The lowest BCUT2D eigenvalue weighted by atomic mass is 10.1.